The first kappa shape index (κ1) is 12.5. The summed E-state index contributed by atoms with van der Waals surface area (Å²) in [4.78, 5) is 8.03. The lowest BCUT2D eigenvalue weighted by Gasteiger charge is -2.18. The van der Waals surface area contributed by atoms with Gasteiger partial charge in [-0.1, -0.05) is 11.3 Å². The highest BCUT2D eigenvalue weighted by Crippen LogP contribution is 2.32. The summed E-state index contributed by atoms with van der Waals surface area (Å²) >= 11 is 1.71. The molecule has 15 heavy (non-hydrogen) atoms. The van der Waals surface area contributed by atoms with Crippen molar-refractivity contribution in [3.8, 4) is 0 Å². The molecule has 0 amide bonds. The molecule has 0 aromatic carbocycles. The molecule has 0 aliphatic heterocycles. The molecule has 86 valence electrons. The Morgan fingerprint density at radius 1 is 1.33 bits per heavy atom. The van der Waals surface area contributed by atoms with Crippen molar-refractivity contribution >= 4 is 16.5 Å². The average molecular weight is 227 g/mol. The summed E-state index contributed by atoms with van der Waals surface area (Å²) in [5.74, 6) is 0. The molecular weight excluding hydrogens is 206 g/mol. The van der Waals surface area contributed by atoms with Crippen LogP contribution in [-0.2, 0) is 5.54 Å². The summed E-state index contributed by atoms with van der Waals surface area (Å²) in [6, 6.07) is 0. The van der Waals surface area contributed by atoms with Gasteiger partial charge in [-0.15, -0.1) is 0 Å². The largest absolute Gasteiger partial charge is 0.349 e. The Bertz CT molecular complexity index is 321. The number of nitrogens with two attached hydrogens (primary N) is 1. The zero-order chi connectivity index (χ0) is 11.6. The van der Waals surface area contributed by atoms with Crippen molar-refractivity contribution in [1.82, 2.24) is 4.98 Å². The Labute approximate surface area is 96.3 Å². The second-order valence-electron chi connectivity index (χ2n) is 4.30. The molecule has 0 bridgehead atoms. The number of hydrogen-bond acceptors (Lipinski definition) is 4. The van der Waals surface area contributed by atoms with E-state index in [0.717, 1.165) is 23.9 Å². The summed E-state index contributed by atoms with van der Waals surface area (Å²) < 4.78 is 0. The molecule has 0 aliphatic carbocycles. The average Bonchev–Trinajstić information content (AvgIpc) is 2.49. The van der Waals surface area contributed by atoms with Crippen LogP contribution >= 0.6 is 11.3 Å². The van der Waals surface area contributed by atoms with Gasteiger partial charge in [0.2, 0.25) is 0 Å². The predicted molar refractivity (Wildman–Crippen MR) is 67.6 cm³/mol. The predicted octanol–water partition coefficient (Wildman–Crippen LogP) is 2.49. The molecule has 0 radical (unpaired) electrons. The van der Waals surface area contributed by atoms with Crippen LogP contribution in [0.2, 0.25) is 0 Å². The van der Waals surface area contributed by atoms with Crippen LogP contribution in [0, 0.1) is 6.92 Å². The van der Waals surface area contributed by atoms with Gasteiger partial charge in [0.25, 0.3) is 0 Å². The van der Waals surface area contributed by atoms with Crippen LogP contribution in [0.15, 0.2) is 0 Å². The summed E-state index contributed by atoms with van der Waals surface area (Å²) in [6.45, 7) is 12.4. The van der Waals surface area contributed by atoms with E-state index in [2.05, 4.69) is 23.7 Å². The molecule has 0 spiro atoms. The molecule has 1 aromatic heterocycles. The van der Waals surface area contributed by atoms with E-state index in [9.17, 15) is 0 Å². The second-order valence-corrected chi connectivity index (χ2v) is 5.28. The van der Waals surface area contributed by atoms with Gasteiger partial charge in [0.05, 0.1) is 5.69 Å². The highest BCUT2D eigenvalue weighted by Gasteiger charge is 2.22. The number of anilines is 1. The number of hydrogen-bond donors (Lipinski definition) is 1. The molecule has 0 saturated heterocycles. The van der Waals surface area contributed by atoms with Crippen LogP contribution in [-0.4, -0.2) is 18.1 Å². The highest BCUT2D eigenvalue weighted by molar-refractivity contribution is 7.15. The molecule has 4 heteroatoms. The zero-order valence-corrected chi connectivity index (χ0v) is 11.1. The van der Waals surface area contributed by atoms with Crippen molar-refractivity contribution in [3.63, 3.8) is 0 Å². The normalized spacial score (nSPS) is 11.9. The lowest BCUT2D eigenvalue weighted by Crippen LogP contribution is -2.28. The summed E-state index contributed by atoms with van der Waals surface area (Å²) in [5.41, 5.74) is 6.89. The first-order chi connectivity index (χ1) is 6.90. The number of rotatable bonds is 4. The fourth-order valence-corrected chi connectivity index (χ4v) is 2.82. The molecule has 0 atom stereocenters. The van der Waals surface area contributed by atoms with Crippen molar-refractivity contribution in [2.45, 2.75) is 40.2 Å². The van der Waals surface area contributed by atoms with Gasteiger partial charge < -0.3 is 10.6 Å². The van der Waals surface area contributed by atoms with E-state index < -0.39 is 0 Å². The van der Waals surface area contributed by atoms with Crippen LogP contribution in [0.4, 0.5) is 5.13 Å². The van der Waals surface area contributed by atoms with Crippen molar-refractivity contribution in [1.29, 1.82) is 0 Å². The lowest BCUT2D eigenvalue weighted by atomic mass is 10.0. The van der Waals surface area contributed by atoms with Crippen LogP contribution in [0.5, 0.6) is 0 Å². The number of nitrogens with zero attached hydrogens (tertiary/aromatic N) is 2. The third kappa shape index (κ3) is 2.69. The van der Waals surface area contributed by atoms with Gasteiger partial charge >= 0.3 is 0 Å². The summed E-state index contributed by atoms with van der Waals surface area (Å²) in [6.07, 6.45) is 0. The van der Waals surface area contributed by atoms with E-state index in [1.807, 2.05) is 20.8 Å². The first-order valence-corrected chi connectivity index (χ1v) is 6.23. The van der Waals surface area contributed by atoms with Crippen LogP contribution in [0.3, 0.4) is 0 Å². The summed E-state index contributed by atoms with van der Waals surface area (Å²) in [5, 5.41) is 1.09. The zero-order valence-electron chi connectivity index (χ0n) is 10.3. The molecule has 0 saturated carbocycles. The van der Waals surface area contributed by atoms with Crippen LogP contribution < -0.4 is 10.6 Å². The van der Waals surface area contributed by atoms with E-state index >= 15 is 0 Å². The second kappa shape index (κ2) is 4.49. The van der Waals surface area contributed by atoms with Gasteiger partial charge in [-0.2, -0.15) is 0 Å². The highest BCUT2D eigenvalue weighted by atomic mass is 32.1. The quantitative estimate of drug-likeness (QED) is 0.859. The standard InChI is InChI=1S/C11H21N3S/c1-6-14(7-2)10-13-8(3)9(15-10)11(4,5)12/h6-7,12H2,1-5H3. The number of aryl methyl sites for hydroxylation is 1. The van der Waals surface area contributed by atoms with Gasteiger partial charge in [-0.05, 0) is 34.6 Å². The van der Waals surface area contributed by atoms with Gasteiger partial charge in [-0.3, -0.25) is 0 Å². The molecule has 0 aliphatic rings. The van der Waals surface area contributed by atoms with E-state index in [1.165, 1.54) is 4.88 Å². The fraction of sp³-hybridized carbons (Fsp3) is 0.727. The number of thiazole rings is 1. The topological polar surface area (TPSA) is 42.2 Å². The van der Waals surface area contributed by atoms with Gasteiger partial charge in [-0.25, -0.2) is 4.98 Å². The summed E-state index contributed by atoms with van der Waals surface area (Å²) in [7, 11) is 0. The van der Waals surface area contributed by atoms with Crippen molar-refractivity contribution in [3.05, 3.63) is 10.6 Å². The minimum Gasteiger partial charge on any atom is -0.349 e. The molecule has 0 unspecified atom stereocenters. The van der Waals surface area contributed by atoms with E-state index in [-0.39, 0.29) is 5.54 Å². The lowest BCUT2D eigenvalue weighted by molar-refractivity contribution is 0.562. The Morgan fingerprint density at radius 3 is 2.20 bits per heavy atom. The van der Waals surface area contributed by atoms with Crippen LogP contribution in [0.1, 0.15) is 38.3 Å². The maximum atomic E-state index is 6.11. The minimum absolute atomic E-state index is 0.285. The molecule has 3 nitrogen and oxygen atoms in total. The van der Waals surface area contributed by atoms with Gasteiger partial charge in [0, 0.05) is 23.5 Å². The van der Waals surface area contributed by atoms with Crippen molar-refractivity contribution in [2.24, 2.45) is 5.73 Å². The Kier molecular flexibility index (Phi) is 3.73. The SMILES string of the molecule is CCN(CC)c1nc(C)c(C(C)(C)N)s1. The molecule has 2 N–H and O–H groups in total. The van der Waals surface area contributed by atoms with E-state index in [4.69, 9.17) is 5.73 Å². The monoisotopic (exact) mass is 227 g/mol. The van der Waals surface area contributed by atoms with Gasteiger partial charge in [0.1, 0.15) is 0 Å². The van der Waals surface area contributed by atoms with Gasteiger partial charge in [0.15, 0.2) is 5.13 Å². The van der Waals surface area contributed by atoms with Crippen LogP contribution in [0.25, 0.3) is 0 Å². The van der Waals surface area contributed by atoms with E-state index in [0.29, 0.717) is 0 Å². The molecule has 0 fully saturated rings. The fourth-order valence-electron chi connectivity index (χ4n) is 1.61. The Balaban J connectivity index is 3.05. The minimum atomic E-state index is -0.285. The molecular formula is C11H21N3S. The first-order valence-electron chi connectivity index (χ1n) is 5.41. The molecule has 1 heterocycles. The Morgan fingerprint density at radius 2 is 1.87 bits per heavy atom. The number of aromatic nitrogens is 1. The molecule has 1 aromatic rings. The van der Waals surface area contributed by atoms with E-state index in [1.54, 1.807) is 11.3 Å². The maximum absolute atomic E-state index is 6.11. The Hall–Kier alpha value is -0.610. The third-order valence-electron chi connectivity index (χ3n) is 2.40. The molecule has 1 rings (SSSR count). The third-order valence-corrected chi connectivity index (χ3v) is 3.96. The maximum Gasteiger partial charge on any atom is 0.185 e. The van der Waals surface area contributed by atoms with Crippen molar-refractivity contribution < 1.29 is 0 Å². The van der Waals surface area contributed by atoms with Crippen molar-refractivity contribution in [2.75, 3.05) is 18.0 Å². The smallest absolute Gasteiger partial charge is 0.185 e.